The second-order valence-electron chi connectivity index (χ2n) is 4.49. The Hall–Kier alpha value is -0.120. The highest BCUT2D eigenvalue weighted by Gasteiger charge is 2.19. The average Bonchev–Trinajstić information content (AvgIpc) is 2.59. The molecule has 1 saturated heterocycles. The number of likely N-dealkylation sites (N-methyl/N-ethyl adjacent to an activating group) is 1. The number of rotatable bonds is 6. The van der Waals surface area contributed by atoms with Crippen molar-refractivity contribution in [3.8, 4) is 0 Å². The van der Waals surface area contributed by atoms with Gasteiger partial charge in [0, 0.05) is 12.6 Å². The molecule has 2 unspecified atom stereocenters. The Balaban J connectivity index is 2.12. The van der Waals surface area contributed by atoms with Gasteiger partial charge in [0.15, 0.2) is 0 Å². The molecule has 14 heavy (non-hydrogen) atoms. The average molecular weight is 199 g/mol. The van der Waals surface area contributed by atoms with Crippen LogP contribution in [0.15, 0.2) is 0 Å². The topological polar surface area (TPSA) is 27.3 Å². The lowest BCUT2D eigenvalue weighted by Gasteiger charge is -2.18. The van der Waals surface area contributed by atoms with Crippen LogP contribution in [-0.2, 0) is 0 Å². The van der Waals surface area contributed by atoms with Gasteiger partial charge in [-0.1, -0.05) is 13.3 Å². The second kappa shape index (κ2) is 6.38. The number of likely N-dealkylation sites (tertiary alicyclic amines) is 1. The van der Waals surface area contributed by atoms with Gasteiger partial charge in [0.05, 0.1) is 0 Å². The highest BCUT2D eigenvalue weighted by molar-refractivity contribution is 4.79. The molecule has 1 rings (SSSR count). The Morgan fingerprint density at radius 3 is 2.71 bits per heavy atom. The van der Waals surface area contributed by atoms with Crippen LogP contribution < -0.4 is 10.6 Å². The van der Waals surface area contributed by atoms with E-state index in [0.717, 1.165) is 25.0 Å². The highest BCUT2D eigenvalue weighted by Crippen LogP contribution is 2.07. The van der Waals surface area contributed by atoms with Crippen molar-refractivity contribution in [2.75, 3.05) is 40.3 Å². The van der Waals surface area contributed by atoms with Crippen LogP contribution in [0.3, 0.4) is 0 Å². The quantitative estimate of drug-likeness (QED) is 0.653. The van der Waals surface area contributed by atoms with E-state index in [1.165, 1.54) is 25.9 Å². The number of nitrogens with one attached hydrogen (secondary N) is 2. The minimum atomic E-state index is 0.728. The van der Waals surface area contributed by atoms with Crippen LogP contribution in [0.4, 0.5) is 0 Å². The first-order chi connectivity index (χ1) is 6.76. The molecule has 3 heteroatoms. The predicted octanol–water partition coefficient (Wildman–Crippen LogP) is 0.526. The SMILES string of the molecule is CCC(CNC)CNC1CCN(C)C1. The van der Waals surface area contributed by atoms with Gasteiger partial charge in [0.2, 0.25) is 0 Å². The van der Waals surface area contributed by atoms with Crippen LogP contribution in [0.5, 0.6) is 0 Å². The van der Waals surface area contributed by atoms with E-state index in [2.05, 4.69) is 29.5 Å². The summed E-state index contributed by atoms with van der Waals surface area (Å²) >= 11 is 0. The van der Waals surface area contributed by atoms with Crippen molar-refractivity contribution in [2.45, 2.75) is 25.8 Å². The van der Waals surface area contributed by atoms with Gasteiger partial charge in [-0.3, -0.25) is 0 Å². The molecule has 0 aromatic rings. The van der Waals surface area contributed by atoms with Gasteiger partial charge in [0.25, 0.3) is 0 Å². The van der Waals surface area contributed by atoms with Crippen LogP contribution in [0.1, 0.15) is 19.8 Å². The molecular formula is C11H25N3. The van der Waals surface area contributed by atoms with Crippen LogP contribution in [0, 0.1) is 5.92 Å². The van der Waals surface area contributed by atoms with Crippen LogP contribution in [0.2, 0.25) is 0 Å². The molecule has 1 aliphatic rings. The van der Waals surface area contributed by atoms with E-state index in [4.69, 9.17) is 0 Å². The first-order valence-electron chi connectivity index (χ1n) is 5.82. The van der Waals surface area contributed by atoms with Gasteiger partial charge in [0.1, 0.15) is 0 Å². The number of hydrogen-bond acceptors (Lipinski definition) is 3. The van der Waals surface area contributed by atoms with E-state index < -0.39 is 0 Å². The molecule has 0 aliphatic carbocycles. The van der Waals surface area contributed by atoms with Gasteiger partial charge >= 0.3 is 0 Å². The standard InChI is InChI=1S/C11H25N3/c1-4-10(7-12-2)8-13-11-5-6-14(3)9-11/h10-13H,4-9H2,1-3H3. The minimum Gasteiger partial charge on any atom is -0.319 e. The molecule has 0 saturated carbocycles. The summed E-state index contributed by atoms with van der Waals surface area (Å²) in [6.07, 6.45) is 2.57. The smallest absolute Gasteiger partial charge is 0.0207 e. The lowest BCUT2D eigenvalue weighted by Crippen LogP contribution is -2.37. The van der Waals surface area contributed by atoms with Gasteiger partial charge in [-0.15, -0.1) is 0 Å². The van der Waals surface area contributed by atoms with Crippen LogP contribution >= 0.6 is 0 Å². The summed E-state index contributed by atoms with van der Waals surface area (Å²) in [5.41, 5.74) is 0. The third kappa shape index (κ3) is 3.95. The van der Waals surface area contributed by atoms with Crippen molar-refractivity contribution in [1.82, 2.24) is 15.5 Å². The van der Waals surface area contributed by atoms with Crippen molar-refractivity contribution >= 4 is 0 Å². The summed E-state index contributed by atoms with van der Waals surface area (Å²) in [6, 6.07) is 0.728. The van der Waals surface area contributed by atoms with Crippen LogP contribution in [-0.4, -0.2) is 51.2 Å². The van der Waals surface area contributed by atoms with E-state index in [-0.39, 0.29) is 0 Å². The van der Waals surface area contributed by atoms with Crippen molar-refractivity contribution in [2.24, 2.45) is 5.92 Å². The summed E-state index contributed by atoms with van der Waals surface area (Å²) in [5, 5.41) is 6.92. The van der Waals surface area contributed by atoms with E-state index in [9.17, 15) is 0 Å². The second-order valence-corrected chi connectivity index (χ2v) is 4.49. The fraction of sp³-hybridized carbons (Fsp3) is 1.00. The van der Waals surface area contributed by atoms with Crippen molar-refractivity contribution in [3.05, 3.63) is 0 Å². The zero-order valence-electron chi connectivity index (χ0n) is 9.84. The first kappa shape index (κ1) is 12.0. The third-order valence-corrected chi connectivity index (χ3v) is 3.16. The highest BCUT2D eigenvalue weighted by atomic mass is 15.2. The third-order valence-electron chi connectivity index (χ3n) is 3.16. The monoisotopic (exact) mass is 199 g/mol. The lowest BCUT2D eigenvalue weighted by molar-refractivity contribution is 0.377. The lowest BCUT2D eigenvalue weighted by atomic mass is 10.1. The largest absolute Gasteiger partial charge is 0.319 e. The van der Waals surface area contributed by atoms with Crippen molar-refractivity contribution in [1.29, 1.82) is 0 Å². The maximum Gasteiger partial charge on any atom is 0.0207 e. The Morgan fingerprint density at radius 2 is 2.21 bits per heavy atom. The summed E-state index contributed by atoms with van der Waals surface area (Å²) < 4.78 is 0. The molecule has 1 heterocycles. The van der Waals surface area contributed by atoms with E-state index >= 15 is 0 Å². The molecule has 0 bridgehead atoms. The van der Waals surface area contributed by atoms with Gasteiger partial charge in [-0.05, 0) is 46.1 Å². The number of nitrogens with zero attached hydrogens (tertiary/aromatic N) is 1. The molecule has 0 spiro atoms. The maximum atomic E-state index is 3.67. The summed E-state index contributed by atoms with van der Waals surface area (Å²) in [6.45, 7) is 7.03. The zero-order chi connectivity index (χ0) is 10.4. The first-order valence-corrected chi connectivity index (χ1v) is 5.82. The normalized spacial score (nSPS) is 25.5. The Morgan fingerprint density at radius 1 is 1.43 bits per heavy atom. The van der Waals surface area contributed by atoms with E-state index in [0.29, 0.717) is 0 Å². The van der Waals surface area contributed by atoms with E-state index in [1.807, 2.05) is 7.05 Å². The fourth-order valence-electron chi connectivity index (χ4n) is 2.08. The molecule has 2 N–H and O–H groups in total. The molecule has 0 aromatic heterocycles. The fourth-order valence-corrected chi connectivity index (χ4v) is 2.08. The molecule has 0 aromatic carbocycles. The van der Waals surface area contributed by atoms with E-state index in [1.54, 1.807) is 0 Å². The molecule has 3 nitrogen and oxygen atoms in total. The zero-order valence-corrected chi connectivity index (χ0v) is 9.84. The van der Waals surface area contributed by atoms with Crippen LogP contribution in [0.25, 0.3) is 0 Å². The number of hydrogen-bond donors (Lipinski definition) is 2. The summed E-state index contributed by atoms with van der Waals surface area (Å²) in [7, 11) is 4.23. The molecule has 0 amide bonds. The Labute approximate surface area is 88.2 Å². The molecule has 0 radical (unpaired) electrons. The molecule has 2 atom stereocenters. The maximum absolute atomic E-state index is 3.67. The van der Waals surface area contributed by atoms with Crippen molar-refractivity contribution in [3.63, 3.8) is 0 Å². The predicted molar refractivity (Wildman–Crippen MR) is 61.6 cm³/mol. The minimum absolute atomic E-state index is 0.728. The van der Waals surface area contributed by atoms with Gasteiger partial charge in [-0.2, -0.15) is 0 Å². The Bertz CT molecular complexity index is 145. The molecule has 1 aliphatic heterocycles. The van der Waals surface area contributed by atoms with Crippen molar-refractivity contribution < 1.29 is 0 Å². The summed E-state index contributed by atoms with van der Waals surface area (Å²) in [4.78, 5) is 2.40. The molecule has 84 valence electrons. The summed E-state index contributed by atoms with van der Waals surface area (Å²) in [5.74, 6) is 0.783. The molecular weight excluding hydrogens is 174 g/mol. The van der Waals surface area contributed by atoms with Gasteiger partial charge < -0.3 is 15.5 Å². The van der Waals surface area contributed by atoms with Gasteiger partial charge in [-0.25, -0.2) is 0 Å². The Kier molecular flexibility index (Phi) is 5.45. The molecule has 1 fully saturated rings.